The molecule has 1 amide bonds. The van der Waals surface area contributed by atoms with Crippen LogP contribution in [0, 0.1) is 5.92 Å². The Hall–Kier alpha value is -1.72. The lowest BCUT2D eigenvalue weighted by atomic mass is 9.95. The van der Waals surface area contributed by atoms with Crippen LogP contribution in [0.4, 0.5) is 0 Å². The van der Waals surface area contributed by atoms with E-state index < -0.39 is 0 Å². The Kier molecular flexibility index (Phi) is 5.08. The summed E-state index contributed by atoms with van der Waals surface area (Å²) in [6.07, 6.45) is 3.87. The summed E-state index contributed by atoms with van der Waals surface area (Å²) in [4.78, 5) is 21.9. The van der Waals surface area contributed by atoms with Gasteiger partial charge in [-0.25, -0.2) is 4.98 Å². The Morgan fingerprint density at radius 2 is 1.96 bits per heavy atom. The van der Waals surface area contributed by atoms with E-state index >= 15 is 0 Å². The summed E-state index contributed by atoms with van der Waals surface area (Å²) < 4.78 is 0. The van der Waals surface area contributed by atoms with E-state index in [4.69, 9.17) is 0 Å². The second-order valence-corrected chi connectivity index (χ2v) is 7.38. The molecule has 4 nitrogen and oxygen atoms in total. The number of thiazole rings is 1. The van der Waals surface area contributed by atoms with Gasteiger partial charge in [-0.15, -0.1) is 11.3 Å². The molecule has 0 unspecified atom stereocenters. The summed E-state index contributed by atoms with van der Waals surface area (Å²) in [5.41, 5.74) is 1.23. The van der Waals surface area contributed by atoms with Crippen molar-refractivity contribution in [3.8, 4) is 10.4 Å². The van der Waals surface area contributed by atoms with Crippen LogP contribution in [0.2, 0.25) is 0 Å². The van der Waals surface area contributed by atoms with Crippen molar-refractivity contribution in [2.45, 2.75) is 19.4 Å². The minimum Gasteiger partial charge on any atom is -0.349 e. The molecular formula is C18H23N3OS. The molecule has 1 saturated heterocycles. The first-order valence-electron chi connectivity index (χ1n) is 8.07. The first kappa shape index (κ1) is 16.1. The van der Waals surface area contributed by atoms with Gasteiger partial charge in [-0.3, -0.25) is 9.69 Å². The van der Waals surface area contributed by atoms with Crippen molar-refractivity contribution in [3.63, 3.8) is 0 Å². The van der Waals surface area contributed by atoms with Gasteiger partial charge < -0.3 is 4.90 Å². The highest BCUT2D eigenvalue weighted by Gasteiger charge is 2.26. The van der Waals surface area contributed by atoms with Gasteiger partial charge in [0, 0.05) is 26.2 Å². The highest BCUT2D eigenvalue weighted by Crippen LogP contribution is 2.27. The first-order valence-corrected chi connectivity index (χ1v) is 8.89. The zero-order valence-corrected chi connectivity index (χ0v) is 14.6. The summed E-state index contributed by atoms with van der Waals surface area (Å²) in [5, 5.41) is 1.15. The molecule has 122 valence electrons. The molecule has 0 N–H and O–H groups in total. The van der Waals surface area contributed by atoms with Crippen LogP contribution in [0.1, 0.15) is 17.8 Å². The number of hydrogen-bond acceptors (Lipinski definition) is 4. The van der Waals surface area contributed by atoms with Gasteiger partial charge in [0.15, 0.2) is 0 Å². The summed E-state index contributed by atoms with van der Waals surface area (Å²) in [6.45, 7) is 2.84. The van der Waals surface area contributed by atoms with E-state index in [-0.39, 0.29) is 11.8 Å². The number of benzene rings is 1. The topological polar surface area (TPSA) is 36.4 Å². The van der Waals surface area contributed by atoms with E-state index in [0.29, 0.717) is 0 Å². The fourth-order valence-corrected chi connectivity index (χ4v) is 3.98. The van der Waals surface area contributed by atoms with Crippen molar-refractivity contribution in [3.05, 3.63) is 41.5 Å². The minimum atomic E-state index is 0.192. The number of carbonyl (C=O) groups is 1. The van der Waals surface area contributed by atoms with Gasteiger partial charge in [0.1, 0.15) is 5.01 Å². The van der Waals surface area contributed by atoms with E-state index in [0.717, 1.165) is 37.5 Å². The summed E-state index contributed by atoms with van der Waals surface area (Å²) in [6, 6.07) is 10.4. The average Bonchev–Trinajstić information content (AvgIpc) is 3.04. The maximum absolute atomic E-state index is 12.0. The predicted molar refractivity (Wildman–Crippen MR) is 94.2 cm³/mol. The standard InChI is InChI=1S/C18H23N3OS/c1-20(2)18(22)15-8-10-21(11-9-15)13-17-19-12-16(23-17)14-6-4-3-5-7-14/h3-7,12,15H,8-11,13H2,1-2H3. The van der Waals surface area contributed by atoms with Crippen LogP contribution in [0.25, 0.3) is 10.4 Å². The molecule has 0 aliphatic carbocycles. The number of amides is 1. The monoisotopic (exact) mass is 329 g/mol. The quantitative estimate of drug-likeness (QED) is 0.865. The van der Waals surface area contributed by atoms with Crippen molar-refractivity contribution >= 4 is 17.2 Å². The SMILES string of the molecule is CN(C)C(=O)C1CCN(Cc2ncc(-c3ccccc3)s2)CC1. The number of rotatable bonds is 4. The lowest BCUT2D eigenvalue weighted by Gasteiger charge is -2.31. The van der Waals surface area contributed by atoms with E-state index in [2.05, 4.69) is 34.1 Å². The van der Waals surface area contributed by atoms with Gasteiger partial charge in [0.2, 0.25) is 5.91 Å². The lowest BCUT2D eigenvalue weighted by molar-refractivity contribution is -0.134. The van der Waals surface area contributed by atoms with Gasteiger partial charge in [0.25, 0.3) is 0 Å². The number of piperidine rings is 1. The second-order valence-electron chi connectivity index (χ2n) is 6.27. The maximum atomic E-state index is 12.0. The smallest absolute Gasteiger partial charge is 0.225 e. The highest BCUT2D eigenvalue weighted by atomic mass is 32.1. The third-order valence-electron chi connectivity index (χ3n) is 4.35. The molecule has 2 aromatic rings. The lowest BCUT2D eigenvalue weighted by Crippen LogP contribution is -2.39. The second kappa shape index (κ2) is 7.23. The fraction of sp³-hybridized carbons (Fsp3) is 0.444. The largest absolute Gasteiger partial charge is 0.349 e. The molecule has 23 heavy (non-hydrogen) atoms. The van der Waals surface area contributed by atoms with Crippen molar-refractivity contribution in [1.29, 1.82) is 0 Å². The van der Waals surface area contributed by atoms with E-state index in [9.17, 15) is 4.79 Å². The number of likely N-dealkylation sites (tertiary alicyclic amines) is 1. The van der Waals surface area contributed by atoms with Gasteiger partial charge in [0.05, 0.1) is 11.4 Å². The third kappa shape index (κ3) is 3.98. The molecule has 1 aromatic heterocycles. The molecule has 2 heterocycles. The van der Waals surface area contributed by atoms with Gasteiger partial charge in [-0.1, -0.05) is 30.3 Å². The molecule has 5 heteroatoms. The Morgan fingerprint density at radius 3 is 2.61 bits per heavy atom. The fourth-order valence-electron chi connectivity index (χ4n) is 3.01. The van der Waals surface area contributed by atoms with Crippen molar-refractivity contribution < 1.29 is 4.79 Å². The molecule has 1 aliphatic heterocycles. The van der Waals surface area contributed by atoms with Crippen LogP contribution in [0.5, 0.6) is 0 Å². The Morgan fingerprint density at radius 1 is 1.26 bits per heavy atom. The van der Waals surface area contributed by atoms with Gasteiger partial charge in [-0.05, 0) is 31.5 Å². The van der Waals surface area contributed by atoms with Crippen molar-refractivity contribution in [2.24, 2.45) is 5.92 Å². The Balaban J connectivity index is 1.55. The zero-order chi connectivity index (χ0) is 16.2. The zero-order valence-electron chi connectivity index (χ0n) is 13.7. The Labute approximate surface area is 141 Å². The summed E-state index contributed by atoms with van der Waals surface area (Å²) >= 11 is 1.76. The molecule has 1 fully saturated rings. The molecule has 0 saturated carbocycles. The molecule has 1 aliphatic rings. The normalized spacial score (nSPS) is 16.4. The first-order chi connectivity index (χ1) is 11.1. The van der Waals surface area contributed by atoms with E-state index in [1.54, 1.807) is 16.2 Å². The minimum absolute atomic E-state index is 0.192. The van der Waals surface area contributed by atoms with Crippen LogP contribution in [-0.4, -0.2) is 47.9 Å². The molecule has 0 atom stereocenters. The third-order valence-corrected chi connectivity index (χ3v) is 5.38. The van der Waals surface area contributed by atoms with Crippen LogP contribution < -0.4 is 0 Å². The highest BCUT2D eigenvalue weighted by molar-refractivity contribution is 7.15. The number of nitrogens with zero attached hydrogens (tertiary/aromatic N) is 3. The van der Waals surface area contributed by atoms with Crippen LogP contribution in [0.15, 0.2) is 36.5 Å². The van der Waals surface area contributed by atoms with Crippen molar-refractivity contribution in [1.82, 2.24) is 14.8 Å². The average molecular weight is 329 g/mol. The summed E-state index contributed by atoms with van der Waals surface area (Å²) in [7, 11) is 3.69. The molecule has 0 bridgehead atoms. The number of hydrogen-bond donors (Lipinski definition) is 0. The molecule has 3 rings (SSSR count). The molecular weight excluding hydrogens is 306 g/mol. The number of carbonyl (C=O) groups excluding carboxylic acids is 1. The van der Waals surface area contributed by atoms with Crippen molar-refractivity contribution in [2.75, 3.05) is 27.2 Å². The van der Waals surface area contributed by atoms with Crippen LogP contribution in [0.3, 0.4) is 0 Å². The van der Waals surface area contributed by atoms with E-state index in [1.165, 1.54) is 10.4 Å². The van der Waals surface area contributed by atoms with Crippen LogP contribution in [-0.2, 0) is 11.3 Å². The van der Waals surface area contributed by atoms with Gasteiger partial charge >= 0.3 is 0 Å². The predicted octanol–water partition coefficient (Wildman–Crippen LogP) is 3.11. The molecule has 0 spiro atoms. The number of aromatic nitrogens is 1. The summed E-state index contributed by atoms with van der Waals surface area (Å²) in [5.74, 6) is 0.461. The Bertz CT molecular complexity index is 645. The molecule has 1 aromatic carbocycles. The maximum Gasteiger partial charge on any atom is 0.225 e. The van der Waals surface area contributed by atoms with E-state index in [1.807, 2.05) is 26.4 Å². The van der Waals surface area contributed by atoms with Crippen LogP contribution >= 0.6 is 11.3 Å². The molecule has 0 radical (unpaired) electrons. The van der Waals surface area contributed by atoms with Gasteiger partial charge in [-0.2, -0.15) is 0 Å².